The van der Waals surface area contributed by atoms with Crippen molar-refractivity contribution in [1.29, 1.82) is 0 Å². The summed E-state index contributed by atoms with van der Waals surface area (Å²) in [5.74, 6) is -0.953. The fourth-order valence-corrected chi connectivity index (χ4v) is 4.28. The first-order valence-electron chi connectivity index (χ1n) is 9.16. The van der Waals surface area contributed by atoms with Crippen molar-refractivity contribution in [2.75, 3.05) is 0 Å². The van der Waals surface area contributed by atoms with E-state index in [1.165, 1.54) is 11.3 Å². The number of nitrogens with zero attached hydrogens (tertiary/aromatic N) is 1. The maximum Gasteiger partial charge on any atom is 0.329 e. The first-order valence-corrected chi connectivity index (χ1v) is 10.0. The highest BCUT2D eigenvalue weighted by Gasteiger charge is 2.15. The van der Waals surface area contributed by atoms with Gasteiger partial charge in [-0.2, -0.15) is 0 Å². The van der Waals surface area contributed by atoms with E-state index < -0.39 is 17.2 Å². The molecule has 0 aliphatic heterocycles. The fraction of sp³-hybridized carbons (Fsp3) is 0.136. The van der Waals surface area contributed by atoms with E-state index in [-0.39, 0.29) is 19.4 Å². The summed E-state index contributed by atoms with van der Waals surface area (Å²) in [6, 6.07) is 17.9. The Bertz CT molecular complexity index is 1280. The lowest BCUT2D eigenvalue weighted by molar-refractivity contribution is -0.137. The van der Waals surface area contributed by atoms with E-state index in [0.29, 0.717) is 10.2 Å². The van der Waals surface area contributed by atoms with Gasteiger partial charge in [-0.3, -0.25) is 19.1 Å². The Hall–Kier alpha value is -3.45. The molecule has 0 saturated heterocycles. The van der Waals surface area contributed by atoms with Crippen LogP contribution in [0.4, 0.5) is 0 Å². The van der Waals surface area contributed by atoms with Crippen LogP contribution in [0.5, 0.6) is 0 Å². The number of nitrogens with one attached hydrogen (secondary N) is 1. The van der Waals surface area contributed by atoms with Gasteiger partial charge in [0.15, 0.2) is 0 Å². The normalized spacial score (nSPS) is 11.0. The number of hydrogen-bond donors (Lipinski definition) is 2. The molecule has 4 aromatic rings. The van der Waals surface area contributed by atoms with E-state index in [1.54, 1.807) is 0 Å². The Morgan fingerprint density at radius 1 is 0.966 bits per heavy atom. The lowest BCUT2D eigenvalue weighted by Gasteiger charge is -2.06. The maximum atomic E-state index is 13.0. The Labute approximate surface area is 169 Å². The topological polar surface area (TPSA) is 92.2 Å². The van der Waals surface area contributed by atoms with Crippen LogP contribution in [-0.4, -0.2) is 20.6 Å². The van der Waals surface area contributed by atoms with Gasteiger partial charge in [0.2, 0.25) is 0 Å². The van der Waals surface area contributed by atoms with Crippen molar-refractivity contribution in [2.24, 2.45) is 0 Å². The lowest BCUT2D eigenvalue weighted by Crippen LogP contribution is -2.34. The van der Waals surface area contributed by atoms with Crippen LogP contribution in [0.2, 0.25) is 0 Å². The van der Waals surface area contributed by atoms with E-state index in [1.807, 2.05) is 60.0 Å². The van der Waals surface area contributed by atoms with Gasteiger partial charge in [0.25, 0.3) is 5.56 Å². The molecule has 2 aromatic heterocycles. The van der Waals surface area contributed by atoms with Gasteiger partial charge < -0.3 is 5.11 Å². The van der Waals surface area contributed by atoms with Crippen molar-refractivity contribution >= 4 is 27.5 Å². The van der Waals surface area contributed by atoms with E-state index >= 15 is 0 Å². The molecular formula is C22H18N2O4S. The number of hydrogen-bond acceptors (Lipinski definition) is 4. The molecule has 0 fully saturated rings. The third-order valence-electron chi connectivity index (χ3n) is 4.79. The first-order chi connectivity index (χ1) is 14.0. The van der Waals surface area contributed by atoms with Crippen molar-refractivity contribution < 1.29 is 9.90 Å². The van der Waals surface area contributed by atoms with Crippen molar-refractivity contribution in [3.05, 3.63) is 80.8 Å². The number of aromatic amines is 1. The average Bonchev–Trinajstić information content (AvgIpc) is 3.15. The molecular weight excluding hydrogens is 388 g/mol. The zero-order chi connectivity index (χ0) is 20.4. The van der Waals surface area contributed by atoms with Crippen LogP contribution in [0.1, 0.15) is 12.8 Å². The molecule has 0 unspecified atom stereocenters. The van der Waals surface area contributed by atoms with Crippen molar-refractivity contribution in [3.63, 3.8) is 0 Å². The quantitative estimate of drug-likeness (QED) is 0.507. The van der Waals surface area contributed by atoms with E-state index in [9.17, 15) is 14.4 Å². The average molecular weight is 406 g/mol. The van der Waals surface area contributed by atoms with E-state index in [4.69, 9.17) is 5.11 Å². The van der Waals surface area contributed by atoms with Crippen LogP contribution in [0.25, 0.3) is 32.5 Å². The standard InChI is InChI=1S/C22H18N2O4S/c25-18(26)7-4-12-24-21(27)19-17(13-29-20(19)23-22(24)28)16-10-8-15(9-11-16)14-5-2-1-3-6-14/h1-3,5-6,8-11,13H,4,7,12H2,(H,23,28)(H,25,26). The van der Waals surface area contributed by atoms with Crippen LogP contribution in [-0.2, 0) is 11.3 Å². The monoisotopic (exact) mass is 406 g/mol. The lowest BCUT2D eigenvalue weighted by atomic mass is 10.0. The second-order valence-electron chi connectivity index (χ2n) is 6.68. The zero-order valence-corrected chi connectivity index (χ0v) is 16.2. The minimum Gasteiger partial charge on any atom is -0.481 e. The molecule has 7 heteroatoms. The molecule has 2 N–H and O–H groups in total. The third-order valence-corrected chi connectivity index (χ3v) is 5.69. The molecule has 0 amide bonds. The SMILES string of the molecule is O=C(O)CCCn1c(=O)[nH]c2scc(-c3ccc(-c4ccccc4)cc3)c2c1=O. The number of carboxylic acid groups (broad SMARTS) is 1. The Balaban J connectivity index is 1.74. The molecule has 2 aromatic carbocycles. The van der Waals surface area contributed by atoms with Gasteiger partial charge in [-0.15, -0.1) is 11.3 Å². The van der Waals surface area contributed by atoms with Gasteiger partial charge in [-0.1, -0.05) is 54.6 Å². The summed E-state index contributed by atoms with van der Waals surface area (Å²) in [4.78, 5) is 39.2. The first kappa shape index (κ1) is 18.9. The number of carboxylic acids is 1. The van der Waals surface area contributed by atoms with Gasteiger partial charge >= 0.3 is 11.7 Å². The summed E-state index contributed by atoms with van der Waals surface area (Å²) in [6.07, 6.45) is 0.121. The molecule has 146 valence electrons. The van der Waals surface area contributed by atoms with Gasteiger partial charge in [0.05, 0.1) is 5.39 Å². The highest BCUT2D eigenvalue weighted by molar-refractivity contribution is 7.17. The van der Waals surface area contributed by atoms with Crippen LogP contribution in [0, 0.1) is 0 Å². The van der Waals surface area contributed by atoms with Crippen molar-refractivity contribution in [2.45, 2.75) is 19.4 Å². The molecule has 0 bridgehead atoms. The highest BCUT2D eigenvalue weighted by Crippen LogP contribution is 2.31. The summed E-state index contributed by atoms with van der Waals surface area (Å²) < 4.78 is 1.08. The van der Waals surface area contributed by atoms with E-state index in [2.05, 4.69) is 4.98 Å². The predicted octanol–water partition coefficient (Wildman–Crippen LogP) is 3.95. The molecule has 6 nitrogen and oxygen atoms in total. The third kappa shape index (κ3) is 3.77. The zero-order valence-electron chi connectivity index (χ0n) is 15.4. The molecule has 0 spiro atoms. The molecule has 0 aliphatic carbocycles. The summed E-state index contributed by atoms with van der Waals surface area (Å²) in [7, 11) is 0. The Morgan fingerprint density at radius 3 is 2.31 bits per heavy atom. The number of rotatable bonds is 6. The summed E-state index contributed by atoms with van der Waals surface area (Å²) in [5, 5.41) is 11.1. The minimum atomic E-state index is -0.953. The molecule has 4 rings (SSSR count). The van der Waals surface area contributed by atoms with Crippen LogP contribution in [0.3, 0.4) is 0 Å². The summed E-state index contributed by atoms with van der Waals surface area (Å²) in [5.41, 5.74) is 2.93. The van der Waals surface area contributed by atoms with Crippen LogP contribution in [0.15, 0.2) is 69.6 Å². The predicted molar refractivity (Wildman–Crippen MR) is 114 cm³/mol. The molecule has 2 heterocycles. The number of fused-ring (bicyclic) bond motifs is 1. The number of benzene rings is 2. The number of aliphatic carboxylic acids is 1. The minimum absolute atomic E-state index is 0.0681. The molecule has 0 atom stereocenters. The Kier molecular flexibility index (Phi) is 5.14. The van der Waals surface area contributed by atoms with Gasteiger partial charge in [0, 0.05) is 23.9 Å². The fourth-order valence-electron chi connectivity index (χ4n) is 3.33. The summed E-state index contributed by atoms with van der Waals surface area (Å²) in [6.45, 7) is 0.0681. The smallest absolute Gasteiger partial charge is 0.329 e. The molecule has 0 saturated carbocycles. The summed E-state index contributed by atoms with van der Waals surface area (Å²) >= 11 is 1.31. The molecule has 0 aliphatic rings. The number of thiophene rings is 1. The Morgan fingerprint density at radius 2 is 1.62 bits per heavy atom. The molecule has 0 radical (unpaired) electrons. The number of H-pyrrole nitrogens is 1. The molecule has 29 heavy (non-hydrogen) atoms. The van der Waals surface area contributed by atoms with Crippen molar-refractivity contribution in [1.82, 2.24) is 9.55 Å². The number of carbonyl (C=O) groups is 1. The van der Waals surface area contributed by atoms with E-state index in [0.717, 1.165) is 26.8 Å². The highest BCUT2D eigenvalue weighted by atomic mass is 32.1. The van der Waals surface area contributed by atoms with Gasteiger partial charge in [-0.05, 0) is 23.1 Å². The second kappa shape index (κ2) is 7.89. The second-order valence-corrected chi connectivity index (χ2v) is 7.56. The number of aromatic nitrogens is 2. The van der Waals surface area contributed by atoms with Gasteiger partial charge in [-0.25, -0.2) is 4.79 Å². The van der Waals surface area contributed by atoms with Crippen molar-refractivity contribution in [3.8, 4) is 22.3 Å². The largest absolute Gasteiger partial charge is 0.481 e. The van der Waals surface area contributed by atoms with Crippen LogP contribution < -0.4 is 11.2 Å². The van der Waals surface area contributed by atoms with Gasteiger partial charge in [0.1, 0.15) is 4.83 Å². The maximum absolute atomic E-state index is 13.0. The van der Waals surface area contributed by atoms with Crippen LogP contribution >= 0.6 is 11.3 Å².